The summed E-state index contributed by atoms with van der Waals surface area (Å²) in [5, 5.41) is 5.98. The minimum atomic E-state index is -0.444. The summed E-state index contributed by atoms with van der Waals surface area (Å²) in [4.78, 5) is 135. The molecule has 0 aliphatic rings. The number of amides is 8. The Labute approximate surface area is 529 Å². The average Bonchev–Trinajstić information content (AvgIpc) is 3.44. The van der Waals surface area contributed by atoms with Crippen molar-refractivity contribution in [3.63, 3.8) is 0 Å². The van der Waals surface area contributed by atoms with Crippen LogP contribution in [0.25, 0.3) is 0 Å². The number of carbonyl (C=O) groups excluding carboxylic acids is 10. The molecule has 0 aromatic rings. The molecule has 5 atom stereocenters. The lowest BCUT2D eigenvalue weighted by atomic mass is 9.82. The van der Waals surface area contributed by atoms with Gasteiger partial charge in [0.1, 0.15) is 11.6 Å². The topological polar surface area (TPSA) is 276 Å². The van der Waals surface area contributed by atoms with Crippen LogP contribution >= 0.6 is 0 Å². The molecule has 0 rings (SSSR count). The normalized spacial score (nSPS) is 13.2. The molecule has 512 valence electrons. The molecule has 0 spiro atoms. The summed E-state index contributed by atoms with van der Waals surface area (Å²) >= 11 is 0. The number of Topliss-reactive ketones (excluding diaryl/α,β-unsaturated/α-hetero) is 5. The van der Waals surface area contributed by atoms with Gasteiger partial charge in [-0.2, -0.15) is 0 Å². The van der Waals surface area contributed by atoms with Gasteiger partial charge in [0.25, 0.3) is 0 Å². The van der Waals surface area contributed by atoms with E-state index in [0.717, 1.165) is 19.6 Å². The first-order valence-corrected chi connectivity index (χ1v) is 30.6. The first-order chi connectivity index (χ1) is 39.1. The van der Waals surface area contributed by atoms with Crippen molar-refractivity contribution in [1.82, 2.24) is 54.7 Å². The Morgan fingerprint density at radius 3 is 0.782 bits per heavy atom. The van der Waals surface area contributed by atoms with Crippen molar-refractivity contribution in [2.45, 2.75) is 169 Å². The van der Waals surface area contributed by atoms with Crippen LogP contribution in [0.1, 0.15) is 151 Å². The van der Waals surface area contributed by atoms with E-state index in [0.29, 0.717) is 52.2 Å². The van der Waals surface area contributed by atoms with Crippen molar-refractivity contribution in [3.8, 4) is 0 Å². The van der Waals surface area contributed by atoms with E-state index in [9.17, 15) is 47.9 Å². The second kappa shape index (κ2) is 42.0. The number of urea groups is 3. The van der Waals surface area contributed by atoms with Gasteiger partial charge >= 0.3 is 18.1 Å². The van der Waals surface area contributed by atoms with Gasteiger partial charge in [-0.3, -0.25) is 33.6 Å². The van der Waals surface area contributed by atoms with Crippen molar-refractivity contribution in [2.24, 2.45) is 50.4 Å². The fourth-order valence-corrected chi connectivity index (χ4v) is 8.04. The number of nitrogens with one attached hydrogen (secondary N) is 2. The first kappa shape index (κ1) is 90.6. The zero-order valence-corrected chi connectivity index (χ0v) is 61.1. The van der Waals surface area contributed by atoms with Crippen LogP contribution in [-0.4, -0.2) is 271 Å². The number of nitrogens with two attached hydrogens (primary N) is 2. The predicted molar refractivity (Wildman–Crippen MR) is 355 cm³/mol. The van der Waals surface area contributed by atoms with Gasteiger partial charge in [-0.15, -0.1) is 0 Å². The number of rotatable bonds is 25. The Morgan fingerprint density at radius 1 is 0.333 bits per heavy atom. The molecule has 0 radical (unpaired) electrons. The van der Waals surface area contributed by atoms with E-state index in [1.54, 1.807) is 96.8 Å². The van der Waals surface area contributed by atoms with E-state index < -0.39 is 34.4 Å². The van der Waals surface area contributed by atoms with Crippen LogP contribution in [0.5, 0.6) is 0 Å². The van der Waals surface area contributed by atoms with E-state index in [1.807, 2.05) is 151 Å². The Morgan fingerprint density at radius 2 is 0.552 bits per heavy atom. The van der Waals surface area contributed by atoms with Crippen LogP contribution in [-0.2, 0) is 33.6 Å². The molecule has 5 unspecified atom stereocenters. The van der Waals surface area contributed by atoms with Crippen molar-refractivity contribution in [2.75, 3.05) is 150 Å². The lowest BCUT2D eigenvalue weighted by Crippen LogP contribution is -2.50. The Bertz CT molecular complexity index is 2110. The van der Waals surface area contributed by atoms with Crippen LogP contribution in [0, 0.1) is 38.9 Å². The van der Waals surface area contributed by atoms with E-state index in [1.165, 1.54) is 19.6 Å². The highest BCUT2D eigenvalue weighted by atomic mass is 16.2. The van der Waals surface area contributed by atoms with E-state index in [4.69, 9.17) is 11.5 Å². The van der Waals surface area contributed by atoms with Crippen molar-refractivity contribution < 1.29 is 47.9 Å². The smallest absolute Gasteiger partial charge is 0.320 e. The molecule has 23 nitrogen and oxygen atoms in total. The van der Waals surface area contributed by atoms with E-state index in [-0.39, 0.29) is 87.9 Å². The van der Waals surface area contributed by atoms with Crippen molar-refractivity contribution in [1.29, 1.82) is 0 Å². The van der Waals surface area contributed by atoms with Crippen LogP contribution in [0.15, 0.2) is 0 Å². The quantitative estimate of drug-likeness (QED) is 0.0815. The number of ketones is 5. The molecule has 0 aliphatic heterocycles. The Balaban J connectivity index is -0.000000322. The predicted octanol–water partition coefficient (Wildman–Crippen LogP) is 6.01. The lowest BCUT2D eigenvalue weighted by molar-refractivity contribution is -0.137. The molecule has 0 aromatic heterocycles. The molecular formula is C64H131N13O10. The monoisotopic (exact) mass is 1240 g/mol. The Kier molecular flexibility index (Phi) is 43.8. The highest BCUT2D eigenvalue weighted by Crippen LogP contribution is 2.25. The zero-order valence-electron chi connectivity index (χ0n) is 61.1. The lowest BCUT2D eigenvalue weighted by Gasteiger charge is -2.32. The summed E-state index contributed by atoms with van der Waals surface area (Å²) in [5.41, 5.74) is 8.69. The summed E-state index contributed by atoms with van der Waals surface area (Å²) in [7, 11) is 21.3. The van der Waals surface area contributed by atoms with Gasteiger partial charge < -0.3 is 66.2 Å². The second-order valence-electron chi connectivity index (χ2n) is 28.5. The number of likely N-dealkylation sites (N-methyl/N-ethyl adjacent to an activating group) is 11. The third kappa shape index (κ3) is 37.5. The Hall–Kier alpha value is -5.10. The third-order valence-corrected chi connectivity index (χ3v) is 14.4. The van der Waals surface area contributed by atoms with Gasteiger partial charge in [0, 0.05) is 174 Å². The maximum atomic E-state index is 12.2. The maximum Gasteiger partial charge on any atom is 0.320 e. The molecule has 6 N–H and O–H groups in total. The molecule has 0 fully saturated rings. The van der Waals surface area contributed by atoms with Crippen LogP contribution in [0.2, 0.25) is 0 Å². The minimum Gasteiger partial charge on any atom is -0.344 e. The van der Waals surface area contributed by atoms with Gasteiger partial charge in [0.05, 0.1) is 18.1 Å². The summed E-state index contributed by atoms with van der Waals surface area (Å²) < 4.78 is 0. The zero-order chi connectivity index (χ0) is 70.3. The summed E-state index contributed by atoms with van der Waals surface area (Å²) in [6.45, 7) is 43.2. The summed E-state index contributed by atoms with van der Waals surface area (Å²) in [6.07, 6.45) is 0.572. The molecule has 0 heterocycles. The van der Waals surface area contributed by atoms with Gasteiger partial charge in [-0.25, -0.2) is 14.4 Å². The summed E-state index contributed by atoms with van der Waals surface area (Å²) in [5.74, 6) is 0.0437. The number of hydrogen-bond acceptors (Lipinski definition) is 15. The molecular weight excluding hydrogens is 1110 g/mol. The van der Waals surface area contributed by atoms with Crippen molar-refractivity contribution in [3.05, 3.63) is 0 Å². The minimum absolute atomic E-state index is 0.0180. The molecule has 0 bridgehead atoms. The van der Waals surface area contributed by atoms with Gasteiger partial charge in [-0.1, -0.05) is 118 Å². The van der Waals surface area contributed by atoms with E-state index in [2.05, 4.69) is 10.6 Å². The van der Waals surface area contributed by atoms with Gasteiger partial charge in [-0.05, 0) is 49.0 Å². The largest absolute Gasteiger partial charge is 0.344 e. The van der Waals surface area contributed by atoms with Crippen molar-refractivity contribution >= 4 is 58.8 Å². The maximum absolute atomic E-state index is 12.2. The SMILES string of the molecule is CC(C(=O)C(C)(C)C)N(C)C(=O)N(C)CCN.CC(C(=O)C(C)(C)C)N(C)C(=O)N(C)CCN(C)C.CC(CC(=O)N(C)CCN)C(=O)C(C)(C)C.CNCCN(C)C(=O)CC(C)C(=O)C(C)(C)C.CNCCN(C)C(=O)N(C)C(C)C(=O)C(C)(C)C. The number of nitrogens with zero attached hydrogens (tertiary/aromatic N) is 9. The summed E-state index contributed by atoms with van der Waals surface area (Å²) in [6, 6.07) is -1.67. The number of carbonyl (C=O) groups is 10. The highest BCUT2D eigenvalue weighted by molar-refractivity contribution is 5.94. The third-order valence-electron chi connectivity index (χ3n) is 14.4. The first-order valence-electron chi connectivity index (χ1n) is 30.6. The van der Waals surface area contributed by atoms with E-state index >= 15 is 0 Å². The molecule has 0 aromatic carbocycles. The van der Waals surface area contributed by atoms with Crippen LogP contribution in [0.4, 0.5) is 14.4 Å². The fourth-order valence-electron chi connectivity index (χ4n) is 8.04. The van der Waals surface area contributed by atoms with Gasteiger partial charge in [0.2, 0.25) is 11.8 Å². The second-order valence-corrected chi connectivity index (χ2v) is 28.5. The van der Waals surface area contributed by atoms with Crippen LogP contribution < -0.4 is 22.1 Å². The molecule has 8 amide bonds. The highest BCUT2D eigenvalue weighted by Gasteiger charge is 2.35. The fraction of sp³-hybridized carbons (Fsp3) is 0.844. The van der Waals surface area contributed by atoms with Crippen LogP contribution in [0.3, 0.4) is 0 Å². The van der Waals surface area contributed by atoms with Gasteiger partial charge in [0.15, 0.2) is 17.3 Å². The molecule has 0 saturated carbocycles. The molecule has 0 saturated heterocycles. The molecule has 0 aliphatic carbocycles. The molecule has 87 heavy (non-hydrogen) atoms. The standard InChI is InChI=1S/C14H29N3O2.C13H27N3O2.C13H26N2O2.C12H25N3O2.C12H24N2O2/c1-11(12(18)14(2,3)4)17(8)13(19)16(7)10-9-15(5)6;1-10(11(17)13(2,3)4)16(7)12(18)15(6)9-8-14-5;1-10(12(17)13(2,3)4)9-11(16)15(6)8-7-14-5;1-9(10(16)12(2,3)4)15(6)11(17)14(5)8-7-13;1-9(11(16)12(2,3)4)8-10(15)14(5)7-6-13/h11H,9-10H2,1-8H3;10,14H,8-9H2,1-7H3;10,14H,7-9H2,1-6H3;9H,7-8,13H2,1-6H3;9H,6-8,13H2,1-5H3. The average molecular weight is 1240 g/mol. The number of hydrogen-bond donors (Lipinski definition) is 4. The molecule has 23 heteroatoms.